The molecule has 1 unspecified atom stereocenters. The fourth-order valence-electron chi connectivity index (χ4n) is 3.10. The van der Waals surface area contributed by atoms with Crippen molar-refractivity contribution in [3.05, 3.63) is 58.3 Å². The van der Waals surface area contributed by atoms with Gasteiger partial charge in [0.05, 0.1) is 10.8 Å². The fourth-order valence-corrected chi connectivity index (χ4v) is 4.87. The molecule has 0 saturated carbocycles. The Balaban J connectivity index is 1.72. The Morgan fingerprint density at radius 1 is 1.22 bits per heavy atom. The molecule has 0 aliphatic carbocycles. The number of nitrogens with zero attached hydrogens (tertiary/aromatic N) is 1. The van der Waals surface area contributed by atoms with Crippen molar-refractivity contribution in [2.75, 3.05) is 18.4 Å². The Labute approximate surface area is 166 Å². The lowest BCUT2D eigenvalue weighted by Crippen LogP contribution is -2.43. The Hall–Kier alpha value is -1.77. The van der Waals surface area contributed by atoms with Crippen LogP contribution in [-0.4, -0.2) is 31.7 Å². The number of anilines is 1. The van der Waals surface area contributed by atoms with E-state index in [1.165, 1.54) is 16.4 Å². The molecule has 5 nitrogen and oxygen atoms in total. The normalized spacial score (nSPS) is 18.3. The predicted molar refractivity (Wildman–Crippen MR) is 105 cm³/mol. The van der Waals surface area contributed by atoms with Gasteiger partial charge in [0.2, 0.25) is 15.9 Å². The number of aryl methyl sites for hydroxylation is 1. The number of nitrogens with one attached hydrogen (secondary N) is 1. The number of rotatable bonds is 4. The summed E-state index contributed by atoms with van der Waals surface area (Å²) in [6.07, 6.45) is 1.22. The van der Waals surface area contributed by atoms with Crippen LogP contribution in [0.2, 0.25) is 0 Å². The summed E-state index contributed by atoms with van der Waals surface area (Å²) in [4.78, 5) is 12.7. The van der Waals surface area contributed by atoms with Gasteiger partial charge in [0, 0.05) is 23.2 Å². The lowest BCUT2D eigenvalue weighted by atomic mass is 9.98. The summed E-state index contributed by atoms with van der Waals surface area (Å²) in [5.41, 5.74) is 1.68. The van der Waals surface area contributed by atoms with Crippen molar-refractivity contribution in [2.45, 2.75) is 24.7 Å². The minimum Gasteiger partial charge on any atom is -0.326 e. The van der Waals surface area contributed by atoms with Gasteiger partial charge in [-0.2, -0.15) is 4.31 Å². The van der Waals surface area contributed by atoms with E-state index in [4.69, 9.17) is 0 Å². The molecule has 8 heteroatoms. The molecule has 1 saturated heterocycles. The highest BCUT2D eigenvalue weighted by Crippen LogP contribution is 2.26. The number of hydrogen-bond donors (Lipinski definition) is 1. The van der Waals surface area contributed by atoms with Crippen molar-refractivity contribution < 1.29 is 17.6 Å². The van der Waals surface area contributed by atoms with E-state index >= 15 is 0 Å². The average Bonchev–Trinajstić information content (AvgIpc) is 2.65. The van der Waals surface area contributed by atoms with Crippen LogP contribution >= 0.6 is 15.9 Å². The molecule has 0 radical (unpaired) electrons. The van der Waals surface area contributed by atoms with E-state index in [9.17, 15) is 17.6 Å². The van der Waals surface area contributed by atoms with Gasteiger partial charge in [-0.15, -0.1) is 0 Å². The average molecular weight is 455 g/mol. The molecule has 1 aliphatic rings. The minimum absolute atomic E-state index is 0.0356. The zero-order valence-electron chi connectivity index (χ0n) is 14.8. The second kappa shape index (κ2) is 8.08. The number of carbonyl (C=O) groups is 1. The molecule has 1 N–H and O–H groups in total. The Bertz CT molecular complexity index is 948. The maximum atomic E-state index is 13.1. The summed E-state index contributed by atoms with van der Waals surface area (Å²) in [6, 6.07) is 10.3. The number of piperidine rings is 1. The van der Waals surface area contributed by atoms with Crippen LogP contribution in [0.25, 0.3) is 0 Å². The minimum atomic E-state index is -3.75. The quantitative estimate of drug-likeness (QED) is 0.760. The van der Waals surface area contributed by atoms with Gasteiger partial charge in [-0.05, 0) is 67.8 Å². The van der Waals surface area contributed by atoms with Gasteiger partial charge in [-0.3, -0.25) is 4.79 Å². The topological polar surface area (TPSA) is 66.5 Å². The second-order valence-corrected chi connectivity index (χ2v) is 9.40. The molecule has 2 aromatic carbocycles. The summed E-state index contributed by atoms with van der Waals surface area (Å²) >= 11 is 3.42. The van der Waals surface area contributed by atoms with Crippen molar-refractivity contribution in [1.29, 1.82) is 0 Å². The molecule has 144 valence electrons. The molecular formula is C19H20BrFN2O3S. The molecule has 1 atom stereocenters. The first-order valence-corrected chi connectivity index (χ1v) is 10.8. The number of benzene rings is 2. The highest BCUT2D eigenvalue weighted by Gasteiger charge is 2.33. The van der Waals surface area contributed by atoms with Crippen molar-refractivity contribution in [3.63, 3.8) is 0 Å². The lowest BCUT2D eigenvalue weighted by molar-refractivity contribution is -0.120. The zero-order chi connectivity index (χ0) is 19.6. The van der Waals surface area contributed by atoms with E-state index in [2.05, 4.69) is 21.2 Å². The van der Waals surface area contributed by atoms with Crippen molar-refractivity contribution in [2.24, 2.45) is 5.92 Å². The van der Waals surface area contributed by atoms with Crippen LogP contribution in [0.1, 0.15) is 18.4 Å². The Kier molecular flexibility index (Phi) is 5.98. The van der Waals surface area contributed by atoms with Crippen molar-refractivity contribution >= 4 is 37.5 Å². The third-order valence-corrected chi connectivity index (χ3v) is 7.40. The van der Waals surface area contributed by atoms with Gasteiger partial charge in [-0.25, -0.2) is 12.8 Å². The van der Waals surface area contributed by atoms with E-state index in [-0.39, 0.29) is 17.3 Å². The molecular weight excluding hydrogens is 435 g/mol. The number of carbonyl (C=O) groups excluding carboxylic acids is 1. The summed E-state index contributed by atoms with van der Waals surface area (Å²) in [5, 5.41) is 2.87. The monoisotopic (exact) mass is 454 g/mol. The first-order chi connectivity index (χ1) is 12.8. The summed E-state index contributed by atoms with van der Waals surface area (Å²) < 4.78 is 40.9. The third kappa shape index (κ3) is 4.56. The SMILES string of the molecule is Cc1cc(NC(=O)C2CCCN(S(=O)(=O)c3ccc(F)cc3)C2)ccc1Br. The van der Waals surface area contributed by atoms with Gasteiger partial charge in [-0.1, -0.05) is 15.9 Å². The van der Waals surface area contributed by atoms with Crippen LogP contribution in [0.5, 0.6) is 0 Å². The van der Waals surface area contributed by atoms with Crippen molar-refractivity contribution in [3.8, 4) is 0 Å². The van der Waals surface area contributed by atoms with Crippen LogP contribution in [0.15, 0.2) is 51.8 Å². The second-order valence-electron chi connectivity index (χ2n) is 6.61. The van der Waals surface area contributed by atoms with Gasteiger partial charge >= 0.3 is 0 Å². The third-order valence-electron chi connectivity index (χ3n) is 4.63. The molecule has 0 bridgehead atoms. The molecule has 1 fully saturated rings. The molecule has 1 heterocycles. The van der Waals surface area contributed by atoms with E-state index in [1.807, 2.05) is 19.1 Å². The highest BCUT2D eigenvalue weighted by molar-refractivity contribution is 9.10. The number of hydrogen-bond acceptors (Lipinski definition) is 3. The molecule has 2 aromatic rings. The first-order valence-electron chi connectivity index (χ1n) is 8.60. The van der Waals surface area contributed by atoms with Crippen LogP contribution in [0.4, 0.5) is 10.1 Å². The largest absolute Gasteiger partial charge is 0.326 e. The maximum Gasteiger partial charge on any atom is 0.243 e. The highest BCUT2D eigenvalue weighted by atomic mass is 79.9. The standard InChI is InChI=1S/C19H20BrFN2O3S/c1-13-11-16(6-9-18(13)20)22-19(24)14-3-2-10-23(12-14)27(25,26)17-7-4-15(21)5-8-17/h4-9,11,14H,2-3,10,12H2,1H3,(H,22,24). The van der Waals surface area contributed by atoms with Gasteiger partial charge in [0.15, 0.2) is 0 Å². The number of sulfonamides is 1. The van der Waals surface area contributed by atoms with E-state index < -0.39 is 21.8 Å². The van der Waals surface area contributed by atoms with Crippen LogP contribution in [0.3, 0.4) is 0 Å². The number of amides is 1. The lowest BCUT2D eigenvalue weighted by Gasteiger charge is -2.31. The smallest absolute Gasteiger partial charge is 0.243 e. The van der Waals surface area contributed by atoms with E-state index in [1.54, 1.807) is 6.07 Å². The van der Waals surface area contributed by atoms with Gasteiger partial charge in [0.1, 0.15) is 5.82 Å². The molecule has 1 aliphatic heterocycles. The predicted octanol–water partition coefficient (Wildman–Crippen LogP) is 3.94. The fraction of sp³-hybridized carbons (Fsp3) is 0.316. The van der Waals surface area contributed by atoms with Gasteiger partial charge in [0.25, 0.3) is 0 Å². The van der Waals surface area contributed by atoms with Gasteiger partial charge < -0.3 is 5.32 Å². The molecule has 0 spiro atoms. The summed E-state index contributed by atoms with van der Waals surface area (Å²) in [7, 11) is -3.75. The summed E-state index contributed by atoms with van der Waals surface area (Å²) in [6.45, 7) is 2.39. The summed E-state index contributed by atoms with van der Waals surface area (Å²) in [5.74, 6) is -1.12. The molecule has 1 amide bonds. The van der Waals surface area contributed by atoms with Crippen LogP contribution < -0.4 is 5.32 Å². The number of halogens is 2. The van der Waals surface area contributed by atoms with Crippen LogP contribution in [-0.2, 0) is 14.8 Å². The Morgan fingerprint density at radius 3 is 2.59 bits per heavy atom. The Morgan fingerprint density at radius 2 is 1.93 bits per heavy atom. The zero-order valence-corrected chi connectivity index (χ0v) is 17.2. The van der Waals surface area contributed by atoms with E-state index in [0.29, 0.717) is 25.1 Å². The maximum absolute atomic E-state index is 13.1. The molecule has 0 aromatic heterocycles. The van der Waals surface area contributed by atoms with E-state index in [0.717, 1.165) is 22.2 Å². The molecule has 27 heavy (non-hydrogen) atoms. The molecule has 3 rings (SSSR count). The first kappa shape index (κ1) is 20.0. The van der Waals surface area contributed by atoms with Crippen molar-refractivity contribution in [1.82, 2.24) is 4.31 Å². The van der Waals surface area contributed by atoms with Crippen LogP contribution in [0, 0.1) is 18.7 Å².